The number of para-hydroxylation sites is 1. The molecule has 25 heavy (non-hydrogen) atoms. The van der Waals surface area contributed by atoms with Gasteiger partial charge in [0.25, 0.3) is 0 Å². The molecule has 2 rings (SSSR count). The molecule has 0 saturated heterocycles. The van der Waals surface area contributed by atoms with Gasteiger partial charge in [-0.25, -0.2) is 0 Å². The largest absolute Gasteiger partial charge is 0.496 e. The van der Waals surface area contributed by atoms with E-state index in [2.05, 4.69) is 10.6 Å². The number of amides is 2. The second kappa shape index (κ2) is 9.30. The van der Waals surface area contributed by atoms with Gasteiger partial charge in [0.05, 0.1) is 7.11 Å². The molecule has 0 aromatic heterocycles. The molecule has 0 atom stereocenters. The monoisotopic (exact) mass is 380 g/mol. The molecule has 0 aliphatic rings. The summed E-state index contributed by atoms with van der Waals surface area (Å²) < 4.78 is 5.20. The van der Waals surface area contributed by atoms with Gasteiger partial charge in [-0.1, -0.05) is 47.5 Å². The van der Waals surface area contributed by atoms with Crippen LogP contribution >= 0.6 is 23.2 Å². The van der Waals surface area contributed by atoms with E-state index in [1.807, 2.05) is 18.2 Å². The van der Waals surface area contributed by atoms with Crippen LogP contribution in [0.15, 0.2) is 42.5 Å². The molecule has 0 aliphatic heterocycles. The zero-order valence-electron chi connectivity index (χ0n) is 13.6. The first-order valence-electron chi connectivity index (χ1n) is 7.63. The van der Waals surface area contributed by atoms with Gasteiger partial charge >= 0.3 is 11.8 Å². The zero-order chi connectivity index (χ0) is 18.2. The summed E-state index contributed by atoms with van der Waals surface area (Å²) >= 11 is 11.9. The van der Waals surface area contributed by atoms with Crippen LogP contribution in [0.5, 0.6) is 5.75 Å². The number of hydrogen-bond donors (Lipinski definition) is 2. The van der Waals surface area contributed by atoms with Gasteiger partial charge < -0.3 is 15.4 Å². The lowest BCUT2D eigenvalue weighted by Crippen LogP contribution is -2.40. The quantitative estimate of drug-likeness (QED) is 0.756. The average Bonchev–Trinajstić information content (AvgIpc) is 2.61. The third-order valence-corrected chi connectivity index (χ3v) is 4.12. The maximum atomic E-state index is 11.9. The first-order valence-corrected chi connectivity index (χ1v) is 8.38. The van der Waals surface area contributed by atoms with Gasteiger partial charge in [0, 0.05) is 28.7 Å². The van der Waals surface area contributed by atoms with Gasteiger partial charge in [-0.2, -0.15) is 0 Å². The molecule has 2 aromatic carbocycles. The number of hydrogen-bond acceptors (Lipinski definition) is 3. The first-order chi connectivity index (χ1) is 12.0. The summed E-state index contributed by atoms with van der Waals surface area (Å²) in [5, 5.41) is 6.21. The van der Waals surface area contributed by atoms with Crippen molar-refractivity contribution < 1.29 is 14.3 Å². The van der Waals surface area contributed by atoms with Gasteiger partial charge in [0.15, 0.2) is 0 Å². The molecular formula is C18H18Cl2N2O3. The third kappa shape index (κ3) is 5.66. The van der Waals surface area contributed by atoms with Gasteiger partial charge in [-0.05, 0) is 30.2 Å². The van der Waals surface area contributed by atoms with Crippen molar-refractivity contribution in [2.24, 2.45) is 0 Å². The molecule has 2 amide bonds. The normalized spacial score (nSPS) is 10.2. The molecule has 2 aromatic rings. The summed E-state index contributed by atoms with van der Waals surface area (Å²) in [6.07, 6.45) is 0.502. The second-order valence-corrected chi connectivity index (χ2v) is 6.08. The minimum Gasteiger partial charge on any atom is -0.496 e. The molecule has 0 saturated carbocycles. The fourth-order valence-corrected chi connectivity index (χ4v) is 2.72. The van der Waals surface area contributed by atoms with E-state index >= 15 is 0 Å². The number of halogens is 2. The Morgan fingerprint density at radius 1 is 1.00 bits per heavy atom. The van der Waals surface area contributed by atoms with Crippen LogP contribution in [-0.4, -0.2) is 25.5 Å². The van der Waals surface area contributed by atoms with Crippen LogP contribution in [0.1, 0.15) is 11.1 Å². The summed E-state index contributed by atoms with van der Waals surface area (Å²) in [6, 6.07) is 12.4. The predicted molar refractivity (Wildman–Crippen MR) is 98.0 cm³/mol. The molecule has 0 radical (unpaired) electrons. The number of carbonyl (C=O) groups excluding carboxylic acids is 2. The van der Waals surface area contributed by atoms with Gasteiger partial charge in [-0.15, -0.1) is 0 Å². The third-order valence-electron chi connectivity index (χ3n) is 3.53. The Morgan fingerprint density at radius 2 is 1.72 bits per heavy atom. The molecule has 5 nitrogen and oxygen atoms in total. The Kier molecular flexibility index (Phi) is 7.10. The number of nitrogens with one attached hydrogen (secondary N) is 2. The highest BCUT2D eigenvalue weighted by atomic mass is 35.5. The fraction of sp³-hybridized carbons (Fsp3) is 0.222. The summed E-state index contributed by atoms with van der Waals surface area (Å²) in [5.74, 6) is -0.742. The fourth-order valence-electron chi connectivity index (χ4n) is 2.22. The van der Waals surface area contributed by atoms with E-state index in [0.29, 0.717) is 28.8 Å². The van der Waals surface area contributed by atoms with Gasteiger partial charge in [0.1, 0.15) is 5.75 Å². The van der Waals surface area contributed by atoms with Crippen LogP contribution in [0.2, 0.25) is 10.0 Å². The summed E-state index contributed by atoms with van der Waals surface area (Å²) in [5.41, 5.74) is 1.64. The van der Waals surface area contributed by atoms with E-state index in [1.54, 1.807) is 31.4 Å². The highest BCUT2D eigenvalue weighted by Crippen LogP contribution is 2.21. The van der Waals surface area contributed by atoms with Crippen molar-refractivity contribution in [2.45, 2.75) is 13.0 Å². The van der Waals surface area contributed by atoms with E-state index in [1.165, 1.54) is 0 Å². The first kappa shape index (κ1) is 19.1. The topological polar surface area (TPSA) is 67.4 Å². The molecule has 132 valence electrons. The summed E-state index contributed by atoms with van der Waals surface area (Å²) in [6.45, 7) is 0.502. The molecule has 0 bridgehead atoms. The minimum atomic E-state index is -0.701. The Morgan fingerprint density at radius 3 is 2.44 bits per heavy atom. The number of methoxy groups -OCH3 is 1. The van der Waals surface area contributed by atoms with E-state index in [-0.39, 0.29) is 6.54 Å². The molecule has 0 spiro atoms. The zero-order valence-corrected chi connectivity index (χ0v) is 15.2. The lowest BCUT2D eigenvalue weighted by molar-refractivity contribution is -0.139. The average molecular weight is 381 g/mol. The number of carbonyl (C=O) groups is 2. The van der Waals surface area contributed by atoms with E-state index in [9.17, 15) is 9.59 Å². The molecule has 0 unspecified atom stereocenters. The van der Waals surface area contributed by atoms with E-state index in [0.717, 1.165) is 11.1 Å². The van der Waals surface area contributed by atoms with Crippen molar-refractivity contribution in [2.75, 3.05) is 13.7 Å². The number of ether oxygens (including phenoxy) is 1. The summed E-state index contributed by atoms with van der Waals surface area (Å²) in [7, 11) is 1.55. The molecule has 0 fully saturated rings. The maximum absolute atomic E-state index is 11.9. The molecule has 2 N–H and O–H groups in total. The maximum Gasteiger partial charge on any atom is 0.309 e. The van der Waals surface area contributed by atoms with Crippen molar-refractivity contribution in [3.05, 3.63) is 63.6 Å². The highest BCUT2D eigenvalue weighted by molar-refractivity contribution is 6.35. The Labute approximate surface area is 156 Å². The van der Waals surface area contributed by atoms with Crippen LogP contribution in [0.25, 0.3) is 0 Å². The molecular weight excluding hydrogens is 363 g/mol. The van der Waals surface area contributed by atoms with Crippen LogP contribution < -0.4 is 15.4 Å². The lowest BCUT2D eigenvalue weighted by atomic mass is 10.1. The van der Waals surface area contributed by atoms with Crippen molar-refractivity contribution >= 4 is 35.0 Å². The smallest absolute Gasteiger partial charge is 0.309 e. The second-order valence-electron chi connectivity index (χ2n) is 5.24. The lowest BCUT2D eigenvalue weighted by Gasteiger charge is -2.10. The van der Waals surface area contributed by atoms with Crippen molar-refractivity contribution in [1.82, 2.24) is 10.6 Å². The predicted octanol–water partition coefficient (Wildman–Crippen LogP) is 2.98. The SMILES string of the molecule is COc1ccccc1CNC(=O)C(=O)NCCc1ccc(Cl)cc1Cl. The highest BCUT2D eigenvalue weighted by Gasteiger charge is 2.13. The minimum absolute atomic E-state index is 0.208. The van der Waals surface area contributed by atoms with Crippen LogP contribution in [0.3, 0.4) is 0 Å². The standard InChI is InChI=1S/C18H18Cl2N2O3/c1-25-16-5-3-2-4-13(16)11-22-18(24)17(23)21-9-8-12-6-7-14(19)10-15(12)20/h2-7,10H,8-9,11H2,1H3,(H,21,23)(H,22,24). The van der Waals surface area contributed by atoms with Crippen LogP contribution in [0.4, 0.5) is 0 Å². The van der Waals surface area contributed by atoms with Crippen LogP contribution in [0, 0.1) is 0 Å². The van der Waals surface area contributed by atoms with E-state index < -0.39 is 11.8 Å². The Hall–Kier alpha value is -2.24. The number of rotatable bonds is 6. The Bertz CT molecular complexity index is 766. The van der Waals surface area contributed by atoms with E-state index in [4.69, 9.17) is 27.9 Å². The van der Waals surface area contributed by atoms with Crippen LogP contribution in [-0.2, 0) is 22.6 Å². The molecule has 0 aliphatic carbocycles. The summed E-state index contributed by atoms with van der Waals surface area (Å²) in [4.78, 5) is 23.7. The van der Waals surface area contributed by atoms with Crippen molar-refractivity contribution in [3.63, 3.8) is 0 Å². The molecule has 7 heteroatoms. The van der Waals surface area contributed by atoms with Crippen molar-refractivity contribution in [3.8, 4) is 5.75 Å². The Balaban J connectivity index is 1.79. The number of benzene rings is 2. The van der Waals surface area contributed by atoms with Gasteiger partial charge in [0.2, 0.25) is 0 Å². The van der Waals surface area contributed by atoms with Gasteiger partial charge in [-0.3, -0.25) is 9.59 Å². The van der Waals surface area contributed by atoms with Crippen molar-refractivity contribution in [1.29, 1.82) is 0 Å². The molecule has 0 heterocycles.